The van der Waals surface area contributed by atoms with Crippen molar-refractivity contribution in [1.29, 1.82) is 0 Å². The Kier molecular flexibility index (Phi) is 7.76. The maximum atomic E-state index is 13.2. The van der Waals surface area contributed by atoms with Gasteiger partial charge in [-0.15, -0.1) is 11.3 Å². The highest BCUT2D eigenvalue weighted by Crippen LogP contribution is 2.28. The number of anilines is 1. The lowest BCUT2D eigenvalue weighted by atomic mass is 9.96. The van der Waals surface area contributed by atoms with Gasteiger partial charge in [-0.05, 0) is 58.9 Å². The van der Waals surface area contributed by atoms with E-state index in [4.69, 9.17) is 0 Å². The average molecular weight is 472 g/mol. The van der Waals surface area contributed by atoms with Crippen molar-refractivity contribution < 1.29 is 4.79 Å². The Bertz CT molecular complexity index is 1240. The summed E-state index contributed by atoms with van der Waals surface area (Å²) in [4.78, 5) is 20.1. The molecule has 4 nitrogen and oxygen atoms in total. The van der Waals surface area contributed by atoms with E-state index in [9.17, 15) is 4.79 Å². The van der Waals surface area contributed by atoms with Crippen molar-refractivity contribution in [3.63, 3.8) is 0 Å². The molecular weight excluding hydrogens is 438 g/mol. The molecule has 0 spiro atoms. The molecule has 1 aromatic heterocycles. The lowest BCUT2D eigenvalue weighted by Gasteiger charge is -2.27. The van der Waals surface area contributed by atoms with Gasteiger partial charge in [0.05, 0.1) is 15.7 Å². The van der Waals surface area contributed by atoms with E-state index >= 15 is 0 Å². The number of nitrogens with one attached hydrogen (secondary N) is 1. The predicted molar refractivity (Wildman–Crippen MR) is 144 cm³/mol. The van der Waals surface area contributed by atoms with Crippen molar-refractivity contribution in [3.05, 3.63) is 83.4 Å². The van der Waals surface area contributed by atoms with Gasteiger partial charge in [0.15, 0.2) is 0 Å². The standard InChI is InChI=1S/C29H33N3OS/c1-20(2)16-32(17-21(3)4)18-24-14-23(10-12-26(24)22-8-6-5-7-9-22)29(33)31-25-11-13-28-27(15-25)30-19-34-28/h5-15,19-21H,16-18H2,1-4H3,(H,31,33). The number of nitrogens with zero attached hydrogens (tertiary/aromatic N) is 2. The fraction of sp³-hybridized carbons (Fsp3) is 0.310. The molecule has 3 aromatic carbocycles. The van der Waals surface area contributed by atoms with E-state index in [2.05, 4.69) is 79.3 Å². The SMILES string of the molecule is CC(C)CN(Cc1cc(C(=O)Nc2ccc3scnc3c2)ccc1-c1ccccc1)CC(C)C. The highest BCUT2D eigenvalue weighted by Gasteiger charge is 2.16. The van der Waals surface area contributed by atoms with Crippen LogP contribution in [0.25, 0.3) is 21.3 Å². The van der Waals surface area contributed by atoms with Crippen molar-refractivity contribution in [1.82, 2.24) is 9.88 Å². The predicted octanol–water partition coefficient (Wildman–Crippen LogP) is 7.33. The summed E-state index contributed by atoms with van der Waals surface area (Å²) < 4.78 is 1.11. The van der Waals surface area contributed by atoms with Crippen LogP contribution in [0.4, 0.5) is 5.69 Å². The molecule has 4 rings (SSSR count). The fourth-order valence-electron chi connectivity index (χ4n) is 4.38. The molecule has 4 aromatic rings. The molecule has 0 saturated carbocycles. The quantitative estimate of drug-likeness (QED) is 0.278. The van der Waals surface area contributed by atoms with Crippen molar-refractivity contribution in [2.45, 2.75) is 34.2 Å². The normalized spacial score (nSPS) is 11.6. The van der Waals surface area contributed by atoms with E-state index in [0.717, 1.165) is 35.5 Å². The maximum Gasteiger partial charge on any atom is 0.255 e. The van der Waals surface area contributed by atoms with Gasteiger partial charge in [0.1, 0.15) is 0 Å². The van der Waals surface area contributed by atoms with Gasteiger partial charge in [-0.3, -0.25) is 9.69 Å². The Morgan fingerprint density at radius 2 is 1.68 bits per heavy atom. The number of hydrogen-bond acceptors (Lipinski definition) is 4. The minimum Gasteiger partial charge on any atom is -0.322 e. The van der Waals surface area contributed by atoms with Crippen LogP contribution in [0, 0.1) is 11.8 Å². The van der Waals surface area contributed by atoms with Gasteiger partial charge in [-0.2, -0.15) is 0 Å². The number of carbonyl (C=O) groups excluding carboxylic acids is 1. The number of carbonyl (C=O) groups is 1. The van der Waals surface area contributed by atoms with Gasteiger partial charge < -0.3 is 5.32 Å². The van der Waals surface area contributed by atoms with Gasteiger partial charge >= 0.3 is 0 Å². The second-order valence-corrected chi connectivity index (χ2v) is 10.6. The van der Waals surface area contributed by atoms with E-state index in [1.807, 2.05) is 35.8 Å². The first kappa shape index (κ1) is 24.1. The Hall–Kier alpha value is -3.02. The second kappa shape index (κ2) is 10.9. The highest BCUT2D eigenvalue weighted by molar-refractivity contribution is 7.16. The smallest absolute Gasteiger partial charge is 0.255 e. The molecule has 34 heavy (non-hydrogen) atoms. The van der Waals surface area contributed by atoms with Crippen LogP contribution < -0.4 is 5.32 Å². The first-order valence-corrected chi connectivity index (χ1v) is 12.8. The molecule has 5 heteroatoms. The number of fused-ring (bicyclic) bond motifs is 1. The Balaban J connectivity index is 1.64. The average Bonchev–Trinajstić information content (AvgIpc) is 3.26. The molecule has 0 atom stereocenters. The summed E-state index contributed by atoms with van der Waals surface area (Å²) in [5.74, 6) is 1.05. The number of amides is 1. The summed E-state index contributed by atoms with van der Waals surface area (Å²) in [6, 6.07) is 22.4. The molecular formula is C29H33N3OS. The van der Waals surface area contributed by atoms with Gasteiger partial charge in [0, 0.05) is 30.9 Å². The van der Waals surface area contributed by atoms with Gasteiger partial charge in [0.25, 0.3) is 5.91 Å². The largest absolute Gasteiger partial charge is 0.322 e. The summed E-state index contributed by atoms with van der Waals surface area (Å²) in [5.41, 5.74) is 7.69. The lowest BCUT2D eigenvalue weighted by Crippen LogP contribution is -2.31. The number of benzene rings is 3. The number of aromatic nitrogens is 1. The fourth-order valence-corrected chi connectivity index (χ4v) is 5.04. The van der Waals surface area contributed by atoms with Crippen LogP contribution in [0.3, 0.4) is 0 Å². The topological polar surface area (TPSA) is 45.2 Å². The van der Waals surface area contributed by atoms with Crippen LogP contribution >= 0.6 is 11.3 Å². The monoisotopic (exact) mass is 471 g/mol. The molecule has 1 N–H and O–H groups in total. The molecule has 0 unspecified atom stereocenters. The Morgan fingerprint density at radius 3 is 2.38 bits per heavy atom. The van der Waals surface area contributed by atoms with Crippen LogP contribution in [-0.2, 0) is 6.54 Å². The summed E-state index contributed by atoms with van der Waals surface area (Å²) in [6.45, 7) is 11.9. The van der Waals surface area contributed by atoms with Crippen LogP contribution in [-0.4, -0.2) is 28.9 Å². The lowest BCUT2D eigenvalue weighted by molar-refractivity contribution is 0.102. The third-order valence-electron chi connectivity index (χ3n) is 5.68. The van der Waals surface area contributed by atoms with E-state index in [0.29, 0.717) is 17.4 Å². The molecule has 176 valence electrons. The first-order valence-electron chi connectivity index (χ1n) is 11.9. The minimum atomic E-state index is -0.102. The summed E-state index contributed by atoms with van der Waals surface area (Å²) in [7, 11) is 0. The number of rotatable bonds is 9. The van der Waals surface area contributed by atoms with Crippen molar-refractivity contribution in [2.24, 2.45) is 11.8 Å². The molecule has 0 saturated heterocycles. The van der Waals surface area contributed by atoms with Gasteiger partial charge in [-0.25, -0.2) is 4.98 Å². The molecule has 0 aliphatic carbocycles. The zero-order chi connectivity index (χ0) is 24.1. The zero-order valence-corrected chi connectivity index (χ0v) is 21.2. The van der Waals surface area contributed by atoms with E-state index in [1.165, 1.54) is 16.7 Å². The van der Waals surface area contributed by atoms with Crippen LogP contribution in [0.15, 0.2) is 72.2 Å². The molecule has 1 heterocycles. The molecule has 0 fully saturated rings. The first-order chi connectivity index (χ1) is 16.4. The van der Waals surface area contributed by atoms with Crippen molar-refractivity contribution in [3.8, 4) is 11.1 Å². The van der Waals surface area contributed by atoms with Crippen molar-refractivity contribution in [2.75, 3.05) is 18.4 Å². The summed E-state index contributed by atoms with van der Waals surface area (Å²) in [6.07, 6.45) is 0. The van der Waals surface area contributed by atoms with Crippen LogP contribution in [0.2, 0.25) is 0 Å². The van der Waals surface area contributed by atoms with Crippen LogP contribution in [0.5, 0.6) is 0 Å². The second-order valence-electron chi connectivity index (χ2n) is 9.71. The van der Waals surface area contributed by atoms with E-state index in [1.54, 1.807) is 11.3 Å². The third kappa shape index (κ3) is 6.10. The number of hydrogen-bond donors (Lipinski definition) is 1. The van der Waals surface area contributed by atoms with Crippen LogP contribution in [0.1, 0.15) is 43.6 Å². The minimum absolute atomic E-state index is 0.102. The van der Waals surface area contributed by atoms with E-state index < -0.39 is 0 Å². The molecule has 0 aliphatic heterocycles. The van der Waals surface area contributed by atoms with Crippen molar-refractivity contribution >= 4 is 33.1 Å². The summed E-state index contributed by atoms with van der Waals surface area (Å²) in [5, 5.41) is 3.06. The molecule has 0 radical (unpaired) electrons. The Morgan fingerprint density at radius 1 is 0.941 bits per heavy atom. The molecule has 0 bridgehead atoms. The zero-order valence-electron chi connectivity index (χ0n) is 20.4. The maximum absolute atomic E-state index is 13.2. The van der Waals surface area contributed by atoms with Gasteiger partial charge in [0.2, 0.25) is 0 Å². The number of thiazole rings is 1. The molecule has 1 amide bonds. The van der Waals surface area contributed by atoms with Gasteiger partial charge in [-0.1, -0.05) is 64.1 Å². The molecule has 0 aliphatic rings. The third-order valence-corrected chi connectivity index (χ3v) is 6.49. The summed E-state index contributed by atoms with van der Waals surface area (Å²) >= 11 is 1.60. The Labute approximate surface area is 206 Å². The highest BCUT2D eigenvalue weighted by atomic mass is 32.1. The van der Waals surface area contributed by atoms with E-state index in [-0.39, 0.29) is 5.91 Å².